The number of hydrogen-bond acceptors (Lipinski definition) is 3. The monoisotopic (exact) mass is 290 g/mol. The first kappa shape index (κ1) is 16.7. The molecule has 3 amide bonds. The summed E-state index contributed by atoms with van der Waals surface area (Å²) in [7, 11) is 0. The molecular formula is C15H22N4O2. The van der Waals surface area contributed by atoms with E-state index in [1.807, 2.05) is 6.92 Å². The minimum Gasteiger partial charge on any atom is -0.334 e. The number of anilines is 2. The molecule has 5 N–H and O–H groups in total. The highest BCUT2D eigenvalue weighted by atomic mass is 16.2. The molecule has 6 nitrogen and oxygen atoms in total. The fourth-order valence-electron chi connectivity index (χ4n) is 1.56. The smallest absolute Gasteiger partial charge is 0.319 e. The highest BCUT2D eigenvalue weighted by Crippen LogP contribution is 2.14. The van der Waals surface area contributed by atoms with Gasteiger partial charge in [-0.3, -0.25) is 4.79 Å². The minimum atomic E-state index is -0.302. The zero-order valence-corrected chi connectivity index (χ0v) is 12.2. The van der Waals surface area contributed by atoms with Gasteiger partial charge in [-0.2, -0.15) is 0 Å². The lowest BCUT2D eigenvalue weighted by atomic mass is 10.2. The number of nitrogens with one attached hydrogen (secondary N) is 3. The highest BCUT2D eigenvalue weighted by Gasteiger charge is 2.05. The van der Waals surface area contributed by atoms with Gasteiger partial charge in [0.2, 0.25) is 5.91 Å². The maximum atomic E-state index is 11.6. The molecule has 1 aromatic carbocycles. The molecule has 114 valence electrons. The Bertz CT molecular complexity index is 483. The molecule has 0 bridgehead atoms. The van der Waals surface area contributed by atoms with E-state index in [4.69, 9.17) is 5.73 Å². The Morgan fingerprint density at radius 1 is 1.24 bits per heavy atom. The second-order valence-corrected chi connectivity index (χ2v) is 4.77. The maximum Gasteiger partial charge on any atom is 0.319 e. The average molecular weight is 290 g/mol. The van der Waals surface area contributed by atoms with Crippen molar-refractivity contribution in [3.63, 3.8) is 0 Å². The van der Waals surface area contributed by atoms with E-state index in [0.29, 0.717) is 30.8 Å². The molecule has 1 unspecified atom stereocenters. The van der Waals surface area contributed by atoms with E-state index in [2.05, 4.69) is 22.5 Å². The summed E-state index contributed by atoms with van der Waals surface area (Å²) in [5.74, 6) is -0.0725. The van der Waals surface area contributed by atoms with Crippen molar-refractivity contribution < 1.29 is 9.59 Å². The molecule has 0 aliphatic heterocycles. The summed E-state index contributed by atoms with van der Waals surface area (Å²) in [6, 6.07) is 6.60. The van der Waals surface area contributed by atoms with Crippen molar-refractivity contribution in [2.75, 3.05) is 17.2 Å². The molecule has 6 heteroatoms. The van der Waals surface area contributed by atoms with Gasteiger partial charge >= 0.3 is 6.03 Å². The van der Waals surface area contributed by atoms with Crippen molar-refractivity contribution in [2.45, 2.75) is 25.8 Å². The molecule has 0 fully saturated rings. The summed E-state index contributed by atoms with van der Waals surface area (Å²) in [5.41, 5.74) is 6.93. The van der Waals surface area contributed by atoms with Crippen molar-refractivity contribution in [3.8, 4) is 0 Å². The van der Waals surface area contributed by atoms with E-state index in [-0.39, 0.29) is 18.0 Å². The first-order valence-electron chi connectivity index (χ1n) is 6.82. The van der Waals surface area contributed by atoms with Crippen LogP contribution in [0.25, 0.3) is 0 Å². The van der Waals surface area contributed by atoms with Gasteiger partial charge in [0, 0.05) is 30.4 Å². The molecule has 0 saturated heterocycles. The van der Waals surface area contributed by atoms with Crippen molar-refractivity contribution in [3.05, 3.63) is 36.9 Å². The lowest BCUT2D eigenvalue weighted by Crippen LogP contribution is -2.28. The number of rotatable bonds is 7. The predicted molar refractivity (Wildman–Crippen MR) is 85.2 cm³/mol. The van der Waals surface area contributed by atoms with Crippen LogP contribution in [0, 0.1) is 0 Å². The van der Waals surface area contributed by atoms with Gasteiger partial charge in [0.25, 0.3) is 0 Å². The van der Waals surface area contributed by atoms with E-state index in [1.165, 1.54) is 0 Å². The zero-order valence-electron chi connectivity index (χ0n) is 12.2. The summed E-state index contributed by atoms with van der Waals surface area (Å²) >= 11 is 0. The van der Waals surface area contributed by atoms with Crippen molar-refractivity contribution in [2.24, 2.45) is 5.73 Å². The molecule has 0 spiro atoms. The lowest BCUT2D eigenvalue weighted by Gasteiger charge is -2.09. The van der Waals surface area contributed by atoms with Crippen molar-refractivity contribution in [1.82, 2.24) is 5.32 Å². The number of benzene rings is 1. The molecule has 0 aromatic heterocycles. The highest BCUT2D eigenvalue weighted by molar-refractivity contribution is 5.92. The van der Waals surface area contributed by atoms with Crippen molar-refractivity contribution in [1.29, 1.82) is 0 Å². The number of nitrogens with two attached hydrogens (primary N) is 1. The first-order chi connectivity index (χ1) is 10.0. The topological polar surface area (TPSA) is 96.2 Å². The molecule has 1 atom stereocenters. The quantitative estimate of drug-likeness (QED) is 0.579. The third kappa shape index (κ3) is 7.12. The second kappa shape index (κ2) is 8.76. The second-order valence-electron chi connectivity index (χ2n) is 4.77. The number of carbonyl (C=O) groups excluding carboxylic acids is 2. The van der Waals surface area contributed by atoms with Gasteiger partial charge in [0.1, 0.15) is 0 Å². The van der Waals surface area contributed by atoms with Crippen LogP contribution in [0.1, 0.15) is 19.8 Å². The van der Waals surface area contributed by atoms with E-state index in [9.17, 15) is 9.59 Å². The van der Waals surface area contributed by atoms with Crippen LogP contribution < -0.4 is 21.7 Å². The molecule has 0 aliphatic carbocycles. The summed E-state index contributed by atoms with van der Waals surface area (Å²) in [4.78, 5) is 23.1. The van der Waals surface area contributed by atoms with E-state index < -0.39 is 0 Å². The van der Waals surface area contributed by atoms with E-state index in [0.717, 1.165) is 0 Å². The largest absolute Gasteiger partial charge is 0.334 e. The van der Waals surface area contributed by atoms with Gasteiger partial charge in [-0.25, -0.2) is 4.79 Å². The Morgan fingerprint density at radius 3 is 2.33 bits per heavy atom. The van der Waals surface area contributed by atoms with Crippen LogP contribution >= 0.6 is 0 Å². The average Bonchev–Trinajstić information content (AvgIpc) is 2.45. The molecular weight excluding hydrogens is 268 g/mol. The van der Waals surface area contributed by atoms with Crippen molar-refractivity contribution >= 4 is 23.3 Å². The van der Waals surface area contributed by atoms with Gasteiger partial charge in [-0.05, 0) is 37.6 Å². The first-order valence-corrected chi connectivity index (χ1v) is 6.82. The van der Waals surface area contributed by atoms with Crippen LogP contribution in [0.3, 0.4) is 0 Å². The number of urea groups is 1. The van der Waals surface area contributed by atoms with Gasteiger partial charge in [-0.1, -0.05) is 6.08 Å². The van der Waals surface area contributed by atoms with Crippen LogP contribution in [0.2, 0.25) is 0 Å². The van der Waals surface area contributed by atoms with Crippen LogP contribution in [0.15, 0.2) is 36.9 Å². The maximum absolute atomic E-state index is 11.6. The van der Waals surface area contributed by atoms with Gasteiger partial charge in [0.05, 0.1) is 0 Å². The van der Waals surface area contributed by atoms with E-state index >= 15 is 0 Å². The molecule has 1 aromatic rings. The molecule has 0 heterocycles. The predicted octanol–water partition coefficient (Wildman–Crippen LogP) is 2.06. The molecule has 0 radical (unpaired) electrons. The third-order valence-electron chi connectivity index (χ3n) is 2.66. The SMILES string of the molecule is C=CCNC(=O)Nc1ccc(NC(=O)CCC(C)N)cc1. The number of amides is 3. The van der Waals surface area contributed by atoms with Crippen LogP contribution in [-0.4, -0.2) is 24.5 Å². The van der Waals surface area contributed by atoms with E-state index in [1.54, 1.807) is 30.3 Å². The summed E-state index contributed by atoms with van der Waals surface area (Å²) in [6.07, 6.45) is 2.64. The normalized spacial score (nSPS) is 11.3. The van der Waals surface area contributed by atoms with Crippen LogP contribution in [0.4, 0.5) is 16.2 Å². The van der Waals surface area contributed by atoms with Crippen LogP contribution in [-0.2, 0) is 4.79 Å². The lowest BCUT2D eigenvalue weighted by molar-refractivity contribution is -0.116. The van der Waals surface area contributed by atoms with Crippen LogP contribution in [0.5, 0.6) is 0 Å². The van der Waals surface area contributed by atoms with Gasteiger partial charge < -0.3 is 21.7 Å². The summed E-state index contributed by atoms with van der Waals surface area (Å²) in [5, 5.41) is 8.05. The Balaban J connectivity index is 2.44. The molecule has 1 rings (SSSR count). The Kier molecular flexibility index (Phi) is 6.97. The standard InChI is InChI=1S/C15H22N4O2/c1-3-10-17-15(21)19-13-7-5-12(6-8-13)18-14(20)9-4-11(2)16/h3,5-8,11H,1,4,9-10,16H2,2H3,(H,18,20)(H2,17,19,21). The number of carbonyl (C=O) groups is 2. The Labute approximate surface area is 124 Å². The molecule has 0 aliphatic rings. The summed E-state index contributed by atoms with van der Waals surface area (Å²) in [6.45, 7) is 5.78. The molecule has 21 heavy (non-hydrogen) atoms. The Morgan fingerprint density at radius 2 is 1.81 bits per heavy atom. The fraction of sp³-hybridized carbons (Fsp3) is 0.333. The Hall–Kier alpha value is -2.34. The van der Waals surface area contributed by atoms with Gasteiger partial charge in [-0.15, -0.1) is 6.58 Å². The zero-order chi connectivity index (χ0) is 15.7. The fourth-order valence-corrected chi connectivity index (χ4v) is 1.56. The molecule has 0 saturated carbocycles. The third-order valence-corrected chi connectivity index (χ3v) is 2.66. The number of hydrogen-bond donors (Lipinski definition) is 4. The summed E-state index contributed by atoms with van der Waals surface area (Å²) < 4.78 is 0. The van der Waals surface area contributed by atoms with Gasteiger partial charge in [0.15, 0.2) is 0 Å². The minimum absolute atomic E-state index is 0.0106.